The van der Waals surface area contributed by atoms with Gasteiger partial charge in [-0.1, -0.05) is 0 Å². The van der Waals surface area contributed by atoms with Crippen molar-refractivity contribution in [3.05, 3.63) is 0 Å². The second-order valence-corrected chi connectivity index (χ2v) is 12.6. The first-order chi connectivity index (χ1) is 19.0. The number of rotatable bonds is 8. The van der Waals surface area contributed by atoms with Crippen LogP contribution in [0.15, 0.2) is 0 Å². The average molecular weight is 549 g/mol. The quantitative estimate of drug-likeness (QED) is 0.456. The molecular weight excluding hydrogens is 500 g/mol. The van der Waals surface area contributed by atoms with E-state index >= 15 is 0 Å². The Bertz CT molecular complexity index is 886. The van der Waals surface area contributed by atoms with Gasteiger partial charge in [-0.05, 0) is 69.7 Å². The molecule has 0 aromatic carbocycles. The van der Waals surface area contributed by atoms with Crippen LogP contribution < -0.4 is 10.6 Å². The Morgan fingerprint density at radius 3 is 2.67 bits per heavy atom. The molecule has 0 spiro atoms. The second kappa shape index (κ2) is 11.9. The van der Waals surface area contributed by atoms with Gasteiger partial charge in [-0.2, -0.15) is 0 Å². The Morgan fingerprint density at radius 2 is 1.90 bits per heavy atom. The Labute approximate surface area is 232 Å². The first-order valence-corrected chi connectivity index (χ1v) is 15.4. The maximum Gasteiger partial charge on any atom is 0.248 e. The molecule has 39 heavy (non-hydrogen) atoms. The van der Waals surface area contributed by atoms with Crippen LogP contribution in [-0.4, -0.2) is 124 Å². The van der Waals surface area contributed by atoms with Gasteiger partial charge in [0, 0.05) is 52.5 Å². The maximum absolute atomic E-state index is 14.2. The average Bonchev–Trinajstić information content (AvgIpc) is 3.30. The van der Waals surface area contributed by atoms with E-state index in [1.54, 1.807) is 14.2 Å². The van der Waals surface area contributed by atoms with Gasteiger partial charge in [-0.25, -0.2) is 0 Å². The van der Waals surface area contributed by atoms with Crippen LogP contribution in [0.4, 0.5) is 0 Å². The summed E-state index contributed by atoms with van der Waals surface area (Å²) < 4.78 is 23.5. The molecule has 2 N–H and O–H groups in total. The van der Waals surface area contributed by atoms with Crippen LogP contribution in [0.3, 0.4) is 0 Å². The van der Waals surface area contributed by atoms with Crippen molar-refractivity contribution in [2.45, 2.75) is 88.0 Å². The van der Waals surface area contributed by atoms with E-state index in [9.17, 15) is 9.59 Å². The summed E-state index contributed by atoms with van der Waals surface area (Å²) in [6, 6.07) is 0.843. The van der Waals surface area contributed by atoms with E-state index in [1.165, 1.54) is 0 Å². The highest BCUT2D eigenvalue weighted by atomic mass is 16.5. The number of methoxy groups -OCH3 is 2. The normalized spacial score (nSPS) is 42.8. The monoisotopic (exact) mass is 548 g/mol. The van der Waals surface area contributed by atoms with Crippen molar-refractivity contribution in [1.82, 2.24) is 20.4 Å². The van der Waals surface area contributed by atoms with E-state index in [0.29, 0.717) is 30.3 Å². The third kappa shape index (κ3) is 5.14. The number of hydrogen-bond acceptors (Lipinski definition) is 8. The molecule has 10 unspecified atom stereocenters. The fraction of sp³-hybridized carbons (Fsp3) is 0.931. The van der Waals surface area contributed by atoms with Crippen molar-refractivity contribution in [1.29, 1.82) is 0 Å². The third-order valence-electron chi connectivity index (χ3n) is 10.8. The van der Waals surface area contributed by atoms with Gasteiger partial charge in [-0.3, -0.25) is 14.5 Å². The molecule has 0 aromatic rings. The van der Waals surface area contributed by atoms with E-state index in [4.69, 9.17) is 18.9 Å². The molecule has 0 aromatic heterocycles. The summed E-state index contributed by atoms with van der Waals surface area (Å²) >= 11 is 0. The van der Waals surface area contributed by atoms with Crippen molar-refractivity contribution in [3.63, 3.8) is 0 Å². The summed E-state index contributed by atoms with van der Waals surface area (Å²) in [6.07, 6.45) is 5.16. The van der Waals surface area contributed by atoms with Crippen molar-refractivity contribution in [3.8, 4) is 0 Å². The number of carbonyl (C=O) groups is 2. The van der Waals surface area contributed by atoms with Crippen LogP contribution in [0.2, 0.25) is 0 Å². The summed E-state index contributed by atoms with van der Waals surface area (Å²) in [4.78, 5) is 31.6. The predicted molar refractivity (Wildman–Crippen MR) is 144 cm³/mol. The first-order valence-electron chi connectivity index (χ1n) is 15.4. The minimum atomic E-state index is -0.473. The molecule has 4 aliphatic heterocycles. The van der Waals surface area contributed by atoms with Crippen LogP contribution in [0.5, 0.6) is 0 Å². The maximum atomic E-state index is 14.2. The van der Waals surface area contributed by atoms with E-state index in [1.807, 2.05) is 6.92 Å². The number of nitrogens with zero attached hydrogens (tertiary/aromatic N) is 2. The molecule has 4 heterocycles. The van der Waals surface area contributed by atoms with Gasteiger partial charge in [-0.15, -0.1) is 0 Å². The fourth-order valence-electron chi connectivity index (χ4n) is 9.12. The summed E-state index contributed by atoms with van der Waals surface area (Å²) in [5.74, 6) is 1.33. The number of nitrogens with one attached hydrogen (secondary N) is 2. The summed E-state index contributed by atoms with van der Waals surface area (Å²) in [6.45, 7) is 7.72. The minimum Gasteiger partial charge on any atom is -0.379 e. The van der Waals surface area contributed by atoms with E-state index < -0.39 is 6.10 Å². The molecule has 220 valence electrons. The Kier molecular flexibility index (Phi) is 8.50. The molecule has 0 radical (unpaired) electrons. The number of carbonyl (C=O) groups excluding carboxylic acids is 2. The molecular formula is C29H48N4O6. The zero-order valence-electron chi connectivity index (χ0n) is 23.9. The number of hydrogen-bond donors (Lipinski definition) is 2. The third-order valence-corrected chi connectivity index (χ3v) is 10.8. The van der Waals surface area contributed by atoms with Crippen molar-refractivity contribution < 1.29 is 28.5 Å². The molecule has 10 heteroatoms. The Hall–Kier alpha value is -1.30. The summed E-state index contributed by atoms with van der Waals surface area (Å²) in [5, 5.41) is 6.91. The zero-order valence-corrected chi connectivity index (χ0v) is 23.9. The highest BCUT2D eigenvalue weighted by Gasteiger charge is 2.64. The van der Waals surface area contributed by atoms with Crippen molar-refractivity contribution in [2.24, 2.45) is 23.7 Å². The standard InChI is InChI=1S/C29H48N4O6/c1-17(28(34)31-10-11-32-12-14-38-15-13-32)39-18-4-6-22-21(16-18)19-8-9-30-25-20-5-7-23(36-2)27(37-3)24(20)29(35)33(22)26(19)25/h17-27,30H,4-16H2,1-3H3,(H,31,34)/t17-,18?,19?,20?,21?,22?,23?,24?,25?,26?,27?/m0/s1. The van der Waals surface area contributed by atoms with Crippen LogP contribution >= 0.6 is 0 Å². The Morgan fingerprint density at radius 1 is 1.08 bits per heavy atom. The molecule has 6 aliphatic rings. The largest absolute Gasteiger partial charge is 0.379 e. The van der Waals surface area contributed by atoms with Crippen LogP contribution in [0.1, 0.15) is 45.4 Å². The lowest BCUT2D eigenvalue weighted by Crippen LogP contribution is -2.70. The van der Waals surface area contributed by atoms with Crippen LogP contribution in [-0.2, 0) is 28.5 Å². The number of ether oxygens (including phenoxy) is 4. The lowest BCUT2D eigenvalue weighted by atomic mass is 9.64. The highest BCUT2D eigenvalue weighted by molar-refractivity contribution is 5.83. The lowest BCUT2D eigenvalue weighted by Gasteiger charge is -2.55. The van der Waals surface area contributed by atoms with Gasteiger partial charge in [0.2, 0.25) is 11.8 Å². The van der Waals surface area contributed by atoms with Gasteiger partial charge >= 0.3 is 0 Å². The predicted octanol–water partition coefficient (Wildman–Crippen LogP) is 0.636. The highest BCUT2D eigenvalue weighted by Crippen LogP contribution is 2.54. The van der Waals surface area contributed by atoms with Gasteiger partial charge < -0.3 is 34.5 Å². The van der Waals surface area contributed by atoms with E-state index in [0.717, 1.165) is 77.9 Å². The Balaban J connectivity index is 1.09. The molecule has 10 nitrogen and oxygen atoms in total. The lowest BCUT2D eigenvalue weighted by molar-refractivity contribution is -0.175. The minimum absolute atomic E-state index is 0.0276. The molecule has 6 rings (SSSR count). The zero-order chi connectivity index (χ0) is 27.1. The molecule has 0 bridgehead atoms. The summed E-state index contributed by atoms with van der Waals surface area (Å²) in [5.41, 5.74) is 0. The van der Waals surface area contributed by atoms with Gasteiger partial charge in [0.15, 0.2) is 0 Å². The van der Waals surface area contributed by atoms with E-state index in [2.05, 4.69) is 20.4 Å². The number of amides is 2. The number of fused-ring (bicyclic) bond motifs is 5. The fourth-order valence-corrected chi connectivity index (χ4v) is 9.12. The molecule has 2 saturated carbocycles. The number of morpholine rings is 1. The SMILES string of the molecule is COC1CCC2C3NCCC4C5CC(O[C@@H](C)C(=O)NCCN6CCOCC6)CCC5N(C(=O)C2C1OC)C43. The molecule has 2 amide bonds. The second-order valence-electron chi connectivity index (χ2n) is 12.6. The summed E-state index contributed by atoms with van der Waals surface area (Å²) in [7, 11) is 3.46. The molecule has 4 saturated heterocycles. The van der Waals surface area contributed by atoms with Crippen LogP contribution in [0.25, 0.3) is 0 Å². The van der Waals surface area contributed by atoms with Gasteiger partial charge in [0.25, 0.3) is 0 Å². The molecule has 6 fully saturated rings. The van der Waals surface area contributed by atoms with E-state index in [-0.39, 0.29) is 48.1 Å². The van der Waals surface area contributed by atoms with Crippen LogP contribution in [0, 0.1) is 23.7 Å². The molecule has 11 atom stereocenters. The molecule has 2 aliphatic carbocycles. The first kappa shape index (κ1) is 27.8. The smallest absolute Gasteiger partial charge is 0.248 e. The topological polar surface area (TPSA) is 102 Å². The van der Waals surface area contributed by atoms with Crippen molar-refractivity contribution >= 4 is 11.8 Å². The number of piperidine rings is 2. The van der Waals surface area contributed by atoms with Gasteiger partial charge in [0.05, 0.1) is 43.5 Å². The van der Waals surface area contributed by atoms with Crippen molar-refractivity contribution in [2.75, 3.05) is 60.2 Å². The van der Waals surface area contributed by atoms with Gasteiger partial charge in [0.1, 0.15) is 6.10 Å².